The van der Waals surface area contributed by atoms with Crippen molar-refractivity contribution in [2.75, 3.05) is 13.1 Å². The molecule has 1 aliphatic heterocycles. The highest BCUT2D eigenvalue weighted by Crippen LogP contribution is 2.28. The van der Waals surface area contributed by atoms with Gasteiger partial charge in [0.05, 0.1) is 18.7 Å². The molecule has 4 rings (SSSR count). The van der Waals surface area contributed by atoms with Crippen LogP contribution in [0.3, 0.4) is 0 Å². The molecule has 2 aromatic heterocycles. The molecule has 0 bridgehead atoms. The van der Waals surface area contributed by atoms with Gasteiger partial charge in [-0.15, -0.1) is 0 Å². The second-order valence-corrected chi connectivity index (χ2v) is 7.48. The number of benzene rings is 1. The monoisotopic (exact) mass is 387 g/mol. The molecule has 3 aromatic rings. The van der Waals surface area contributed by atoms with E-state index < -0.39 is 0 Å². The number of pyridine rings is 2. The SMILES string of the molecule is O=C(Cc1ccccn1)N1CCC[C@@H](c2cccc(-c3ccc(CO)cc3)n2)C1. The number of carbonyl (C=O) groups excluding carboxylic acids is 1. The van der Waals surface area contributed by atoms with Gasteiger partial charge in [0, 0.05) is 42.2 Å². The average Bonchev–Trinajstić information content (AvgIpc) is 2.80. The Bertz CT molecular complexity index is 957. The molecule has 3 heterocycles. The van der Waals surface area contributed by atoms with Crippen LogP contribution < -0.4 is 0 Å². The number of hydrogen-bond acceptors (Lipinski definition) is 4. The molecule has 0 radical (unpaired) electrons. The third-order valence-corrected chi connectivity index (χ3v) is 5.45. The molecule has 1 atom stereocenters. The lowest BCUT2D eigenvalue weighted by atomic mass is 9.93. The number of rotatable bonds is 5. The number of piperidine rings is 1. The summed E-state index contributed by atoms with van der Waals surface area (Å²) in [6.07, 6.45) is 4.09. The van der Waals surface area contributed by atoms with Gasteiger partial charge in [0.1, 0.15) is 0 Å². The van der Waals surface area contributed by atoms with E-state index in [4.69, 9.17) is 4.98 Å². The second-order valence-electron chi connectivity index (χ2n) is 7.48. The quantitative estimate of drug-likeness (QED) is 0.727. The first kappa shape index (κ1) is 19.3. The van der Waals surface area contributed by atoms with Gasteiger partial charge in [-0.2, -0.15) is 0 Å². The molecule has 1 saturated heterocycles. The summed E-state index contributed by atoms with van der Waals surface area (Å²) >= 11 is 0. The van der Waals surface area contributed by atoms with Crippen LogP contribution in [0.5, 0.6) is 0 Å². The molecule has 148 valence electrons. The van der Waals surface area contributed by atoms with Crippen molar-refractivity contribution in [2.45, 2.75) is 31.8 Å². The lowest BCUT2D eigenvalue weighted by Crippen LogP contribution is -2.40. The van der Waals surface area contributed by atoms with Crippen molar-refractivity contribution in [3.63, 3.8) is 0 Å². The highest BCUT2D eigenvalue weighted by atomic mass is 16.3. The molecular formula is C24H25N3O2. The van der Waals surface area contributed by atoms with Gasteiger partial charge in [0.15, 0.2) is 0 Å². The van der Waals surface area contributed by atoms with E-state index >= 15 is 0 Å². The van der Waals surface area contributed by atoms with Crippen LogP contribution in [0.4, 0.5) is 0 Å². The predicted molar refractivity (Wildman–Crippen MR) is 112 cm³/mol. The number of aliphatic hydroxyl groups is 1. The highest BCUT2D eigenvalue weighted by molar-refractivity contribution is 5.78. The summed E-state index contributed by atoms with van der Waals surface area (Å²) in [5.74, 6) is 0.372. The topological polar surface area (TPSA) is 66.3 Å². The van der Waals surface area contributed by atoms with E-state index in [1.807, 2.05) is 59.5 Å². The number of carbonyl (C=O) groups is 1. The molecule has 5 heteroatoms. The van der Waals surface area contributed by atoms with Crippen molar-refractivity contribution in [3.05, 3.63) is 83.8 Å². The molecule has 0 spiro atoms. The van der Waals surface area contributed by atoms with Crippen LogP contribution in [0.15, 0.2) is 66.9 Å². The molecule has 0 saturated carbocycles. The van der Waals surface area contributed by atoms with Gasteiger partial charge in [-0.3, -0.25) is 14.8 Å². The van der Waals surface area contributed by atoms with Crippen LogP contribution in [0.25, 0.3) is 11.3 Å². The molecule has 0 aliphatic carbocycles. The summed E-state index contributed by atoms with van der Waals surface area (Å²) in [5, 5.41) is 9.22. The number of amides is 1. The average molecular weight is 387 g/mol. The molecule has 1 amide bonds. The number of aliphatic hydroxyl groups excluding tert-OH is 1. The Balaban J connectivity index is 1.47. The number of nitrogens with zero attached hydrogens (tertiary/aromatic N) is 3. The Hall–Kier alpha value is -3.05. The van der Waals surface area contributed by atoms with Gasteiger partial charge in [-0.05, 0) is 42.7 Å². The van der Waals surface area contributed by atoms with Gasteiger partial charge < -0.3 is 10.0 Å². The van der Waals surface area contributed by atoms with Crippen LogP contribution in [0.1, 0.15) is 35.7 Å². The molecule has 1 fully saturated rings. The summed E-state index contributed by atoms with van der Waals surface area (Å²) in [4.78, 5) is 23.8. The van der Waals surface area contributed by atoms with Crippen molar-refractivity contribution in [2.24, 2.45) is 0 Å². The molecule has 29 heavy (non-hydrogen) atoms. The van der Waals surface area contributed by atoms with E-state index in [2.05, 4.69) is 11.1 Å². The highest BCUT2D eigenvalue weighted by Gasteiger charge is 2.26. The van der Waals surface area contributed by atoms with Crippen molar-refractivity contribution >= 4 is 5.91 Å². The predicted octanol–water partition coefficient (Wildman–Crippen LogP) is 3.58. The molecular weight excluding hydrogens is 362 g/mol. The van der Waals surface area contributed by atoms with E-state index in [1.54, 1.807) is 6.20 Å². The lowest BCUT2D eigenvalue weighted by molar-refractivity contribution is -0.131. The largest absolute Gasteiger partial charge is 0.392 e. The zero-order chi connectivity index (χ0) is 20.1. The van der Waals surface area contributed by atoms with Crippen molar-refractivity contribution in [1.82, 2.24) is 14.9 Å². The maximum atomic E-state index is 12.7. The van der Waals surface area contributed by atoms with E-state index in [9.17, 15) is 9.90 Å². The Kier molecular flexibility index (Phi) is 5.96. The van der Waals surface area contributed by atoms with Gasteiger partial charge in [0.25, 0.3) is 0 Å². The van der Waals surface area contributed by atoms with Crippen LogP contribution in [0.2, 0.25) is 0 Å². The first-order chi connectivity index (χ1) is 14.2. The summed E-state index contributed by atoms with van der Waals surface area (Å²) in [5.41, 5.74) is 4.68. The minimum atomic E-state index is 0.0399. The van der Waals surface area contributed by atoms with E-state index in [1.165, 1.54) is 0 Å². The first-order valence-corrected chi connectivity index (χ1v) is 10.1. The molecule has 1 N–H and O–H groups in total. The minimum Gasteiger partial charge on any atom is -0.392 e. The first-order valence-electron chi connectivity index (χ1n) is 10.1. The minimum absolute atomic E-state index is 0.0399. The van der Waals surface area contributed by atoms with Crippen LogP contribution in [-0.4, -0.2) is 39.0 Å². The normalized spacial score (nSPS) is 16.6. The summed E-state index contributed by atoms with van der Waals surface area (Å²) in [6, 6.07) is 19.6. The Morgan fingerprint density at radius 3 is 2.69 bits per heavy atom. The standard InChI is InChI=1S/C24H25N3O2/c28-17-18-9-11-19(12-10-18)22-7-3-8-23(26-22)20-5-4-14-27(16-20)24(29)15-21-6-1-2-13-25-21/h1-3,6-13,20,28H,4-5,14-17H2/t20-/m1/s1. The fourth-order valence-electron chi connectivity index (χ4n) is 3.84. The fraction of sp³-hybridized carbons (Fsp3) is 0.292. The Morgan fingerprint density at radius 2 is 1.93 bits per heavy atom. The second kappa shape index (κ2) is 8.97. The maximum absolute atomic E-state index is 12.7. The molecule has 1 aliphatic rings. The number of hydrogen-bond donors (Lipinski definition) is 1. The van der Waals surface area contributed by atoms with Gasteiger partial charge >= 0.3 is 0 Å². The Labute approximate surface area is 171 Å². The van der Waals surface area contributed by atoms with Gasteiger partial charge in [-0.25, -0.2) is 0 Å². The number of aromatic nitrogens is 2. The lowest BCUT2D eigenvalue weighted by Gasteiger charge is -2.32. The summed E-state index contributed by atoms with van der Waals surface area (Å²) in [6.45, 7) is 1.54. The van der Waals surface area contributed by atoms with E-state index in [0.717, 1.165) is 47.6 Å². The fourth-order valence-corrected chi connectivity index (χ4v) is 3.84. The van der Waals surface area contributed by atoms with E-state index in [-0.39, 0.29) is 18.4 Å². The van der Waals surface area contributed by atoms with Crippen molar-refractivity contribution in [3.8, 4) is 11.3 Å². The zero-order valence-corrected chi connectivity index (χ0v) is 16.4. The maximum Gasteiger partial charge on any atom is 0.228 e. The molecule has 0 unspecified atom stereocenters. The number of likely N-dealkylation sites (tertiary alicyclic amines) is 1. The third kappa shape index (κ3) is 4.69. The van der Waals surface area contributed by atoms with Gasteiger partial charge in [-0.1, -0.05) is 36.4 Å². The van der Waals surface area contributed by atoms with Gasteiger partial charge in [0.2, 0.25) is 5.91 Å². The smallest absolute Gasteiger partial charge is 0.228 e. The zero-order valence-electron chi connectivity index (χ0n) is 16.4. The Morgan fingerprint density at radius 1 is 1.07 bits per heavy atom. The van der Waals surface area contributed by atoms with Crippen molar-refractivity contribution < 1.29 is 9.90 Å². The molecule has 1 aromatic carbocycles. The van der Waals surface area contributed by atoms with Crippen LogP contribution in [-0.2, 0) is 17.8 Å². The summed E-state index contributed by atoms with van der Waals surface area (Å²) < 4.78 is 0. The molecule has 5 nitrogen and oxygen atoms in total. The van der Waals surface area contributed by atoms with Crippen LogP contribution >= 0.6 is 0 Å². The third-order valence-electron chi connectivity index (χ3n) is 5.45. The summed E-state index contributed by atoms with van der Waals surface area (Å²) in [7, 11) is 0. The van der Waals surface area contributed by atoms with Crippen LogP contribution in [0, 0.1) is 0 Å². The van der Waals surface area contributed by atoms with Crippen molar-refractivity contribution in [1.29, 1.82) is 0 Å². The van der Waals surface area contributed by atoms with E-state index in [0.29, 0.717) is 13.0 Å².